The summed E-state index contributed by atoms with van der Waals surface area (Å²) in [5, 5.41) is 12.2. The maximum Gasteiger partial charge on any atom is 0.366 e. The van der Waals surface area contributed by atoms with Crippen molar-refractivity contribution < 1.29 is 9.67 Å². The van der Waals surface area contributed by atoms with Gasteiger partial charge < -0.3 is 5.11 Å². The molecule has 0 bridgehead atoms. The Morgan fingerprint density at radius 2 is 1.50 bits per heavy atom. The molecule has 2 heteroatoms. The average Bonchev–Trinajstić information content (AvgIpc) is 2.41. The summed E-state index contributed by atoms with van der Waals surface area (Å²) in [7, 11) is 0. The molecule has 1 aromatic heterocycles. The van der Waals surface area contributed by atoms with Gasteiger partial charge in [0.25, 0.3) is 0 Å². The molecule has 0 spiro atoms. The van der Waals surface area contributed by atoms with E-state index in [4.69, 9.17) is 0 Å². The van der Waals surface area contributed by atoms with Crippen LogP contribution in [0, 0.1) is 0 Å². The molecular formula is C16H14NO+. The maximum atomic E-state index is 10.0. The van der Waals surface area contributed by atoms with Crippen LogP contribution in [0.25, 0.3) is 10.8 Å². The van der Waals surface area contributed by atoms with Gasteiger partial charge in [-0.3, -0.25) is 0 Å². The largest absolute Gasteiger partial charge is 0.460 e. The normalized spacial score (nSPS) is 10.7. The lowest BCUT2D eigenvalue weighted by Gasteiger charge is -2.02. The Kier molecular flexibility index (Phi) is 2.69. The number of hydrogen-bond acceptors (Lipinski definition) is 1. The van der Waals surface area contributed by atoms with E-state index in [-0.39, 0.29) is 5.88 Å². The second kappa shape index (κ2) is 4.49. The lowest BCUT2D eigenvalue weighted by atomic mass is 10.1. The Morgan fingerprint density at radius 1 is 0.833 bits per heavy atom. The van der Waals surface area contributed by atoms with Crippen molar-refractivity contribution in [2.75, 3.05) is 0 Å². The van der Waals surface area contributed by atoms with Crippen molar-refractivity contribution in [3.05, 3.63) is 72.4 Å². The number of hydrogen-bond donors (Lipinski definition) is 1. The van der Waals surface area contributed by atoms with Crippen LogP contribution in [-0.4, -0.2) is 5.11 Å². The second-order valence-corrected chi connectivity index (χ2v) is 4.37. The van der Waals surface area contributed by atoms with E-state index in [1.165, 1.54) is 5.56 Å². The summed E-state index contributed by atoms with van der Waals surface area (Å²) in [5.74, 6) is 0.289. The number of benzene rings is 2. The van der Waals surface area contributed by atoms with Gasteiger partial charge >= 0.3 is 5.88 Å². The Balaban J connectivity index is 2.04. The molecule has 0 fully saturated rings. The fraction of sp³-hybridized carbons (Fsp3) is 0.0625. The topological polar surface area (TPSA) is 24.1 Å². The van der Waals surface area contributed by atoms with E-state index in [0.29, 0.717) is 6.54 Å². The molecular weight excluding hydrogens is 222 g/mol. The summed E-state index contributed by atoms with van der Waals surface area (Å²) in [6.07, 6.45) is 1.98. The number of fused-ring (bicyclic) bond motifs is 1. The van der Waals surface area contributed by atoms with Crippen LogP contribution in [0.4, 0.5) is 0 Å². The fourth-order valence-electron chi connectivity index (χ4n) is 2.12. The highest BCUT2D eigenvalue weighted by atomic mass is 16.3. The van der Waals surface area contributed by atoms with E-state index in [1.54, 1.807) is 6.07 Å². The van der Waals surface area contributed by atoms with Crippen molar-refractivity contribution in [3.63, 3.8) is 0 Å². The Morgan fingerprint density at radius 3 is 2.28 bits per heavy atom. The first-order chi connectivity index (χ1) is 8.83. The summed E-state index contributed by atoms with van der Waals surface area (Å²) < 4.78 is 1.86. The molecule has 88 valence electrons. The van der Waals surface area contributed by atoms with Crippen LogP contribution in [0.15, 0.2) is 66.9 Å². The van der Waals surface area contributed by atoms with Gasteiger partial charge in [-0.05, 0) is 11.5 Å². The first-order valence-corrected chi connectivity index (χ1v) is 5.98. The number of aromatic nitrogens is 1. The highest BCUT2D eigenvalue weighted by molar-refractivity contribution is 5.81. The fourth-order valence-corrected chi connectivity index (χ4v) is 2.12. The van der Waals surface area contributed by atoms with Gasteiger partial charge in [0.05, 0.1) is 6.07 Å². The van der Waals surface area contributed by atoms with E-state index in [1.807, 2.05) is 47.2 Å². The average molecular weight is 236 g/mol. The number of nitrogens with zero attached hydrogens (tertiary/aromatic N) is 1. The molecule has 0 unspecified atom stereocenters. The second-order valence-electron chi connectivity index (χ2n) is 4.37. The molecule has 3 rings (SSSR count). The Bertz CT molecular complexity index is 677. The Labute approximate surface area is 106 Å². The summed E-state index contributed by atoms with van der Waals surface area (Å²) in [6, 6.07) is 20.0. The number of rotatable bonds is 2. The summed E-state index contributed by atoms with van der Waals surface area (Å²) in [5.41, 5.74) is 1.17. The van der Waals surface area contributed by atoms with Gasteiger partial charge in [-0.25, -0.2) is 0 Å². The minimum absolute atomic E-state index is 0.289. The van der Waals surface area contributed by atoms with E-state index in [2.05, 4.69) is 18.2 Å². The van der Waals surface area contributed by atoms with Crippen LogP contribution in [0.3, 0.4) is 0 Å². The van der Waals surface area contributed by atoms with Gasteiger partial charge in [0.15, 0.2) is 12.7 Å². The molecule has 0 aliphatic carbocycles. The zero-order chi connectivity index (χ0) is 12.4. The monoisotopic (exact) mass is 236 g/mol. The van der Waals surface area contributed by atoms with E-state index in [9.17, 15) is 5.11 Å². The molecule has 3 aromatic rings. The van der Waals surface area contributed by atoms with Crippen molar-refractivity contribution in [3.8, 4) is 5.88 Å². The molecule has 0 aliphatic rings. The van der Waals surface area contributed by atoms with Crippen LogP contribution in [0.2, 0.25) is 0 Å². The van der Waals surface area contributed by atoms with E-state index < -0.39 is 0 Å². The highest BCUT2D eigenvalue weighted by Crippen LogP contribution is 2.15. The van der Waals surface area contributed by atoms with Gasteiger partial charge in [-0.2, -0.15) is 4.57 Å². The standard InChI is InChI=1S/C16H13NO/c18-16-10-14-8-4-5-9-15(14)12-17(16)11-13-6-2-1-3-7-13/h1-10,12H,11H2/p+1. The van der Waals surface area contributed by atoms with Gasteiger partial charge in [0.1, 0.15) is 0 Å². The molecule has 0 radical (unpaired) electrons. The smallest absolute Gasteiger partial charge is 0.366 e. The predicted octanol–water partition coefficient (Wildman–Crippen LogP) is 2.88. The molecule has 1 heterocycles. The van der Waals surface area contributed by atoms with Crippen LogP contribution < -0.4 is 4.57 Å². The van der Waals surface area contributed by atoms with Crippen LogP contribution in [0.5, 0.6) is 5.88 Å². The lowest BCUT2D eigenvalue weighted by molar-refractivity contribution is -0.692. The van der Waals surface area contributed by atoms with Crippen molar-refractivity contribution in [2.24, 2.45) is 0 Å². The van der Waals surface area contributed by atoms with Crippen LogP contribution >= 0.6 is 0 Å². The van der Waals surface area contributed by atoms with Crippen LogP contribution in [0.1, 0.15) is 5.56 Å². The van der Waals surface area contributed by atoms with Gasteiger partial charge in [-0.15, -0.1) is 0 Å². The molecule has 2 aromatic carbocycles. The third-order valence-electron chi connectivity index (χ3n) is 3.07. The molecule has 1 N–H and O–H groups in total. The van der Waals surface area contributed by atoms with E-state index >= 15 is 0 Å². The molecule has 0 saturated heterocycles. The van der Waals surface area contributed by atoms with Crippen molar-refractivity contribution in [1.29, 1.82) is 0 Å². The number of pyridine rings is 1. The first kappa shape index (κ1) is 10.8. The van der Waals surface area contributed by atoms with Gasteiger partial charge in [-0.1, -0.05) is 48.5 Å². The van der Waals surface area contributed by atoms with E-state index in [0.717, 1.165) is 10.8 Å². The molecule has 0 aliphatic heterocycles. The minimum atomic E-state index is 0.289. The molecule has 0 saturated carbocycles. The minimum Gasteiger partial charge on any atom is -0.460 e. The first-order valence-electron chi connectivity index (χ1n) is 5.98. The summed E-state index contributed by atoms with van der Waals surface area (Å²) in [6.45, 7) is 0.678. The third kappa shape index (κ3) is 2.05. The zero-order valence-electron chi connectivity index (χ0n) is 9.95. The predicted molar refractivity (Wildman–Crippen MR) is 71.4 cm³/mol. The SMILES string of the molecule is Oc1cc2ccccc2c[n+]1Cc1ccccc1. The molecule has 0 atom stereocenters. The van der Waals surface area contributed by atoms with Crippen molar-refractivity contribution in [2.45, 2.75) is 6.54 Å². The van der Waals surface area contributed by atoms with Crippen LogP contribution in [-0.2, 0) is 6.54 Å². The van der Waals surface area contributed by atoms with Gasteiger partial charge in [0.2, 0.25) is 0 Å². The lowest BCUT2D eigenvalue weighted by Crippen LogP contribution is -2.33. The third-order valence-corrected chi connectivity index (χ3v) is 3.07. The summed E-state index contributed by atoms with van der Waals surface area (Å²) >= 11 is 0. The molecule has 0 amide bonds. The molecule has 2 nitrogen and oxygen atoms in total. The highest BCUT2D eigenvalue weighted by Gasteiger charge is 2.11. The van der Waals surface area contributed by atoms with Crippen molar-refractivity contribution in [1.82, 2.24) is 0 Å². The maximum absolute atomic E-state index is 10.0. The van der Waals surface area contributed by atoms with Gasteiger partial charge in [0, 0.05) is 10.9 Å². The summed E-state index contributed by atoms with van der Waals surface area (Å²) in [4.78, 5) is 0. The molecule has 18 heavy (non-hydrogen) atoms. The zero-order valence-corrected chi connectivity index (χ0v) is 9.95. The van der Waals surface area contributed by atoms with Crippen molar-refractivity contribution >= 4 is 10.8 Å². The Hall–Kier alpha value is -2.35. The quantitative estimate of drug-likeness (QED) is 0.680. The number of aromatic hydroxyl groups is 1.